The Labute approximate surface area is 135 Å². The van der Waals surface area contributed by atoms with Gasteiger partial charge >= 0.3 is 0 Å². The van der Waals surface area contributed by atoms with E-state index < -0.39 is 12.2 Å². The summed E-state index contributed by atoms with van der Waals surface area (Å²) in [5.41, 5.74) is -0.173. The largest absolute Gasteiger partial charge is 0.383 e. The van der Waals surface area contributed by atoms with E-state index in [-0.39, 0.29) is 30.1 Å². The number of ketones is 1. The number of Topliss-reactive ketones (excluding diaryl/α,β-unsaturated/α-hetero) is 1. The van der Waals surface area contributed by atoms with Gasteiger partial charge in [0, 0.05) is 45.6 Å². The Morgan fingerprint density at radius 2 is 2.30 bits per heavy atom. The summed E-state index contributed by atoms with van der Waals surface area (Å²) >= 11 is 0. The van der Waals surface area contributed by atoms with Gasteiger partial charge in [-0.3, -0.25) is 9.69 Å². The van der Waals surface area contributed by atoms with Gasteiger partial charge in [-0.05, 0) is 13.8 Å². The molecule has 130 valence electrons. The summed E-state index contributed by atoms with van der Waals surface area (Å²) in [5.74, 6) is 0.0788. The first-order chi connectivity index (χ1) is 10.8. The molecule has 2 atom stereocenters. The normalized spacial score (nSPS) is 22.7. The number of ether oxygens (including phenoxy) is 1. The Bertz CT molecular complexity index is 535. The zero-order valence-electron chi connectivity index (χ0n) is 14.1. The van der Waals surface area contributed by atoms with Crippen LogP contribution in [0.2, 0.25) is 0 Å². The highest BCUT2D eigenvalue weighted by Crippen LogP contribution is 2.22. The molecule has 0 aromatic carbocycles. The first-order valence-electron chi connectivity index (χ1n) is 7.79. The number of halogens is 1. The van der Waals surface area contributed by atoms with Crippen LogP contribution in [0, 0.1) is 6.92 Å². The van der Waals surface area contributed by atoms with Crippen LogP contribution in [0.5, 0.6) is 0 Å². The van der Waals surface area contributed by atoms with Crippen molar-refractivity contribution in [1.29, 1.82) is 0 Å². The molecule has 0 radical (unpaired) electrons. The molecule has 1 aromatic heterocycles. The standard InChI is InChI=1S/C15H25FN4O3/c1-10-18-14(19-23-10)13(21)12-7-11(16)8-20(12)6-5-17-15(2,3)9-22-4/h11-12,17H,5-9H2,1-4H3/t11-,12?/m0/s1. The molecule has 1 fully saturated rings. The molecule has 2 rings (SSSR count). The highest BCUT2D eigenvalue weighted by atomic mass is 19.1. The van der Waals surface area contributed by atoms with Gasteiger partial charge in [-0.25, -0.2) is 4.39 Å². The Kier molecular flexibility index (Phi) is 5.83. The lowest BCUT2D eigenvalue weighted by Gasteiger charge is -2.28. The van der Waals surface area contributed by atoms with Crippen molar-refractivity contribution in [1.82, 2.24) is 20.4 Å². The molecule has 1 unspecified atom stereocenters. The number of methoxy groups -OCH3 is 1. The molecule has 0 spiro atoms. The van der Waals surface area contributed by atoms with Crippen LogP contribution >= 0.6 is 0 Å². The maximum atomic E-state index is 13.8. The van der Waals surface area contributed by atoms with Gasteiger partial charge in [0.1, 0.15) is 6.17 Å². The van der Waals surface area contributed by atoms with E-state index in [2.05, 4.69) is 15.5 Å². The summed E-state index contributed by atoms with van der Waals surface area (Å²) in [5, 5.41) is 7.00. The molecule has 1 N–H and O–H groups in total. The van der Waals surface area contributed by atoms with E-state index in [1.165, 1.54) is 0 Å². The van der Waals surface area contributed by atoms with Crippen LogP contribution in [0.4, 0.5) is 4.39 Å². The van der Waals surface area contributed by atoms with Gasteiger partial charge in [0.2, 0.25) is 17.5 Å². The number of aromatic nitrogens is 2. The van der Waals surface area contributed by atoms with Crippen LogP contribution in [0.3, 0.4) is 0 Å². The number of nitrogens with zero attached hydrogens (tertiary/aromatic N) is 3. The van der Waals surface area contributed by atoms with Crippen LogP contribution in [0.15, 0.2) is 4.52 Å². The Balaban J connectivity index is 1.93. The average molecular weight is 328 g/mol. The predicted octanol–water partition coefficient (Wildman–Crippen LogP) is 0.988. The molecular formula is C15H25FN4O3. The lowest BCUT2D eigenvalue weighted by molar-refractivity contribution is 0.0847. The number of carbonyl (C=O) groups is 1. The molecule has 7 nitrogen and oxygen atoms in total. The number of likely N-dealkylation sites (tertiary alicyclic amines) is 1. The molecule has 23 heavy (non-hydrogen) atoms. The summed E-state index contributed by atoms with van der Waals surface area (Å²) in [6, 6.07) is -0.533. The van der Waals surface area contributed by atoms with Crippen molar-refractivity contribution in [3.8, 4) is 0 Å². The number of aryl methyl sites for hydroxylation is 1. The summed E-state index contributed by atoms with van der Waals surface area (Å²) in [6.45, 7) is 7.71. The SMILES string of the molecule is COCC(C)(C)NCCN1C[C@@H](F)CC1C(=O)c1noc(C)n1. The fourth-order valence-corrected chi connectivity index (χ4v) is 2.87. The zero-order chi connectivity index (χ0) is 17.0. The van der Waals surface area contributed by atoms with Gasteiger partial charge in [-0.2, -0.15) is 4.98 Å². The molecule has 0 amide bonds. The van der Waals surface area contributed by atoms with Crippen molar-refractivity contribution < 1.29 is 18.4 Å². The molecule has 0 saturated carbocycles. The van der Waals surface area contributed by atoms with E-state index in [1.54, 1.807) is 14.0 Å². The molecule has 8 heteroatoms. The summed E-state index contributed by atoms with van der Waals surface area (Å²) in [7, 11) is 1.65. The molecule has 0 aliphatic carbocycles. The minimum atomic E-state index is -1.01. The molecule has 0 bridgehead atoms. The van der Waals surface area contributed by atoms with Crippen LogP contribution in [-0.4, -0.2) is 71.9 Å². The lowest BCUT2D eigenvalue weighted by atomic mass is 10.1. The van der Waals surface area contributed by atoms with Crippen molar-refractivity contribution in [2.45, 2.75) is 44.9 Å². The molecule has 1 saturated heterocycles. The van der Waals surface area contributed by atoms with Gasteiger partial charge in [-0.15, -0.1) is 0 Å². The smallest absolute Gasteiger partial charge is 0.240 e. The topological polar surface area (TPSA) is 80.5 Å². The van der Waals surface area contributed by atoms with Crippen molar-refractivity contribution >= 4 is 5.78 Å². The first kappa shape index (κ1) is 18.0. The predicted molar refractivity (Wildman–Crippen MR) is 82.2 cm³/mol. The summed E-state index contributed by atoms with van der Waals surface area (Å²) in [6.07, 6.45) is -0.836. The van der Waals surface area contributed by atoms with Crippen LogP contribution in [0.1, 0.15) is 36.8 Å². The van der Waals surface area contributed by atoms with Crippen LogP contribution < -0.4 is 5.32 Å². The van der Waals surface area contributed by atoms with E-state index in [1.807, 2.05) is 18.7 Å². The second-order valence-corrected chi connectivity index (χ2v) is 6.59. The number of hydrogen-bond acceptors (Lipinski definition) is 7. The second-order valence-electron chi connectivity index (χ2n) is 6.59. The van der Waals surface area contributed by atoms with Crippen molar-refractivity contribution in [2.24, 2.45) is 0 Å². The van der Waals surface area contributed by atoms with Gasteiger partial charge < -0.3 is 14.6 Å². The number of rotatable bonds is 8. The quantitative estimate of drug-likeness (QED) is 0.713. The second kappa shape index (κ2) is 7.46. The minimum Gasteiger partial charge on any atom is -0.383 e. The van der Waals surface area contributed by atoms with Crippen molar-refractivity contribution in [3.05, 3.63) is 11.7 Å². The van der Waals surface area contributed by atoms with Crippen molar-refractivity contribution in [3.63, 3.8) is 0 Å². The van der Waals surface area contributed by atoms with Crippen LogP contribution in [-0.2, 0) is 4.74 Å². The number of hydrogen-bond donors (Lipinski definition) is 1. The monoisotopic (exact) mass is 328 g/mol. The number of alkyl halides is 1. The summed E-state index contributed by atoms with van der Waals surface area (Å²) < 4.78 is 23.8. The fraction of sp³-hybridized carbons (Fsp3) is 0.800. The zero-order valence-corrected chi connectivity index (χ0v) is 14.1. The Morgan fingerprint density at radius 3 is 2.91 bits per heavy atom. The fourth-order valence-electron chi connectivity index (χ4n) is 2.87. The van der Waals surface area contributed by atoms with Crippen molar-refractivity contribution in [2.75, 3.05) is 33.4 Å². The van der Waals surface area contributed by atoms with E-state index in [0.717, 1.165) is 0 Å². The van der Waals surface area contributed by atoms with E-state index in [9.17, 15) is 9.18 Å². The highest BCUT2D eigenvalue weighted by molar-refractivity contribution is 5.97. The maximum Gasteiger partial charge on any atom is 0.240 e. The number of carbonyl (C=O) groups excluding carboxylic acids is 1. The third-order valence-electron chi connectivity index (χ3n) is 3.91. The highest BCUT2D eigenvalue weighted by Gasteiger charge is 2.38. The van der Waals surface area contributed by atoms with E-state index in [4.69, 9.17) is 9.26 Å². The van der Waals surface area contributed by atoms with Gasteiger partial charge in [0.25, 0.3) is 0 Å². The lowest BCUT2D eigenvalue weighted by Crippen LogP contribution is -2.48. The molecule has 1 aliphatic heterocycles. The first-order valence-corrected chi connectivity index (χ1v) is 7.79. The van der Waals surface area contributed by atoms with Gasteiger partial charge in [0.05, 0.1) is 12.6 Å². The molecule has 1 aliphatic rings. The van der Waals surface area contributed by atoms with Crippen LogP contribution in [0.25, 0.3) is 0 Å². The minimum absolute atomic E-state index is 0.0271. The Hall–Kier alpha value is -1.38. The third-order valence-corrected chi connectivity index (χ3v) is 3.91. The average Bonchev–Trinajstić information content (AvgIpc) is 3.04. The van der Waals surface area contributed by atoms with Gasteiger partial charge in [0.15, 0.2) is 0 Å². The molecule has 1 aromatic rings. The molecule has 2 heterocycles. The van der Waals surface area contributed by atoms with E-state index in [0.29, 0.717) is 25.6 Å². The van der Waals surface area contributed by atoms with E-state index >= 15 is 0 Å². The maximum absolute atomic E-state index is 13.8. The third kappa shape index (κ3) is 4.79. The summed E-state index contributed by atoms with van der Waals surface area (Å²) in [4.78, 5) is 18.2. The molecular weight excluding hydrogens is 303 g/mol. The number of nitrogens with one attached hydrogen (secondary N) is 1. The Morgan fingerprint density at radius 1 is 1.57 bits per heavy atom. The van der Waals surface area contributed by atoms with Gasteiger partial charge in [-0.1, -0.05) is 5.16 Å².